The molecule has 31 heteroatoms. The summed E-state index contributed by atoms with van der Waals surface area (Å²) in [4.78, 5) is 155. The maximum atomic E-state index is 15.2. The summed E-state index contributed by atoms with van der Waals surface area (Å²) in [5.41, 5.74) is 3.69. The summed E-state index contributed by atoms with van der Waals surface area (Å²) in [5, 5.41) is 60.4. The fourth-order valence-electron chi connectivity index (χ4n) is 14.1. The quantitative estimate of drug-likeness (QED) is 0.0119. The van der Waals surface area contributed by atoms with Crippen molar-refractivity contribution in [1.82, 2.24) is 30.7 Å². The van der Waals surface area contributed by atoms with Crippen LogP contribution < -0.4 is 58.0 Å². The second-order valence-corrected chi connectivity index (χ2v) is 28.9. The van der Waals surface area contributed by atoms with Gasteiger partial charge in [0.15, 0.2) is 22.4 Å². The highest BCUT2D eigenvalue weighted by Gasteiger charge is 2.45. The molecule has 586 valence electrons. The number of aromatic nitrogens is 1. The van der Waals surface area contributed by atoms with E-state index in [1.165, 1.54) is 82.4 Å². The van der Waals surface area contributed by atoms with Crippen LogP contribution >= 0.6 is 0 Å². The van der Waals surface area contributed by atoms with Gasteiger partial charge >= 0.3 is 23.9 Å². The highest BCUT2D eigenvalue weighted by molar-refractivity contribution is 6.17. The molecule has 4 aliphatic heterocycles. The molecule has 11 atom stereocenters. The second-order valence-electron chi connectivity index (χ2n) is 28.9. The number of carbonyl (C=O) groups is 9. The maximum Gasteiger partial charge on any atom is 0.410 e. The number of nitrogens with zero attached hydrogens (tertiary/aromatic N) is 4. The second kappa shape index (κ2) is 35.4. The van der Waals surface area contributed by atoms with E-state index in [0.717, 1.165) is 4.90 Å². The number of aromatic hydroxyl groups is 1. The van der Waals surface area contributed by atoms with E-state index in [-0.39, 0.29) is 112 Å². The lowest BCUT2D eigenvalue weighted by atomic mass is 9.78. The summed E-state index contributed by atoms with van der Waals surface area (Å²) in [7, 11) is 3.03. The fourth-order valence-corrected chi connectivity index (χ4v) is 14.1. The third-order valence-electron chi connectivity index (χ3n) is 20.7. The number of hydrogen-bond donors (Lipinski definition) is 10. The van der Waals surface area contributed by atoms with Crippen LogP contribution in [0.3, 0.4) is 0 Å². The van der Waals surface area contributed by atoms with Gasteiger partial charge in [0.25, 0.3) is 17.7 Å². The van der Waals surface area contributed by atoms with Gasteiger partial charge in [-0.25, -0.2) is 14.6 Å². The normalized spacial score (nSPS) is 23.7. The number of methoxy groups -OCH3 is 1. The van der Waals surface area contributed by atoms with Gasteiger partial charge in [0, 0.05) is 143 Å². The Morgan fingerprint density at radius 3 is 2.19 bits per heavy atom. The number of nitrogens with one attached hydrogen (secondary N) is 5. The van der Waals surface area contributed by atoms with Gasteiger partial charge in [-0.15, -0.1) is 0 Å². The van der Waals surface area contributed by atoms with Crippen LogP contribution in [0.4, 0.5) is 26.7 Å². The predicted molar refractivity (Wildman–Crippen MR) is 403 cm³/mol. The Kier molecular flexibility index (Phi) is 26.7. The van der Waals surface area contributed by atoms with Crippen molar-refractivity contribution in [2.75, 3.05) is 55.9 Å². The summed E-state index contributed by atoms with van der Waals surface area (Å²) in [5.74, 6) is -10.3. The number of anilines is 3. The van der Waals surface area contributed by atoms with Gasteiger partial charge < -0.3 is 90.6 Å². The molecule has 1 aromatic heterocycles. The van der Waals surface area contributed by atoms with E-state index >= 15 is 4.79 Å². The van der Waals surface area contributed by atoms with E-state index in [1.54, 1.807) is 85.0 Å². The number of ether oxygens (including phenoxy) is 5. The molecule has 5 aromatic rings. The van der Waals surface area contributed by atoms with Gasteiger partial charge in [-0.2, -0.15) is 0 Å². The molecule has 1 fully saturated rings. The Bertz CT molecular complexity index is 4630. The summed E-state index contributed by atoms with van der Waals surface area (Å²) in [6.45, 7) is 16.7. The van der Waals surface area contributed by atoms with Crippen LogP contribution in [-0.2, 0) is 59.1 Å². The number of piperidine rings is 1. The number of hydrogen-bond acceptors (Lipinski definition) is 23. The minimum Gasteiger partial charge on any atom is -0.507 e. The first-order valence-corrected chi connectivity index (χ1v) is 36.5. The first-order chi connectivity index (χ1) is 51.6. The van der Waals surface area contributed by atoms with Crippen LogP contribution in [0.2, 0.25) is 0 Å². The summed E-state index contributed by atoms with van der Waals surface area (Å²) in [6.07, 6.45) is 7.66. The number of urea groups is 1. The first kappa shape index (κ1) is 82.1. The third kappa shape index (κ3) is 18.8. The number of esters is 1. The Labute approximate surface area is 628 Å². The number of fused-ring (bicyclic) bond motifs is 2. The molecule has 0 spiro atoms. The maximum absolute atomic E-state index is 15.2. The number of allylic oxidation sites excluding steroid dienone is 2. The fraction of sp³-hybridized carbons (Fsp3) is 0.487. The molecule has 9 rings (SSSR count). The molecular weight excluding hydrogens is 1410 g/mol. The van der Waals surface area contributed by atoms with Crippen LogP contribution in [0, 0.1) is 36.5 Å². The molecule has 0 aliphatic carbocycles. The average molecular weight is 1510 g/mol. The number of unbranched alkanes of at least 4 members (excludes halogenated alkanes) is 2. The number of benzene rings is 4. The number of aliphatic hydroxyl groups excluding tert-OH is 3. The van der Waals surface area contributed by atoms with Crippen LogP contribution in [0.1, 0.15) is 125 Å². The summed E-state index contributed by atoms with van der Waals surface area (Å²) in [6, 6.07) is 6.20. The summed E-state index contributed by atoms with van der Waals surface area (Å²) < 4.78 is 36.5. The zero-order chi connectivity index (χ0) is 79.6. The van der Waals surface area contributed by atoms with Crippen molar-refractivity contribution in [3.63, 3.8) is 0 Å². The highest BCUT2D eigenvalue weighted by atomic mass is 16.7. The van der Waals surface area contributed by atoms with E-state index in [2.05, 4.69) is 26.6 Å². The van der Waals surface area contributed by atoms with E-state index < -0.39 is 141 Å². The molecule has 4 aromatic carbocycles. The van der Waals surface area contributed by atoms with Gasteiger partial charge in [0.05, 0.1) is 35.2 Å². The molecule has 0 radical (unpaired) electrons. The molecule has 0 unspecified atom stereocenters. The van der Waals surface area contributed by atoms with Gasteiger partial charge in [-0.05, 0) is 82.1 Å². The molecule has 4 aliphatic rings. The monoisotopic (exact) mass is 1510 g/mol. The largest absolute Gasteiger partial charge is 0.507 e. The van der Waals surface area contributed by atoms with Crippen LogP contribution in [-0.4, -0.2) is 177 Å². The number of phenolic OH excluding ortho intramolecular Hbond substituents is 1. The lowest BCUT2D eigenvalue weighted by Crippen LogP contribution is -2.54. The number of carbonyl (C=O) groups excluding carboxylic acids is 9. The van der Waals surface area contributed by atoms with E-state index in [4.69, 9.17) is 38.8 Å². The Balaban J connectivity index is 0.901. The van der Waals surface area contributed by atoms with E-state index in [9.17, 15) is 68.4 Å². The highest BCUT2D eigenvalue weighted by Crippen LogP contribution is 2.43. The van der Waals surface area contributed by atoms with Crippen molar-refractivity contribution in [3.8, 4) is 11.5 Å². The van der Waals surface area contributed by atoms with Crippen molar-refractivity contribution in [1.29, 1.82) is 0 Å². The van der Waals surface area contributed by atoms with Gasteiger partial charge in [-0.1, -0.05) is 78.3 Å². The van der Waals surface area contributed by atoms with Crippen molar-refractivity contribution < 1.29 is 91.7 Å². The van der Waals surface area contributed by atoms with Crippen molar-refractivity contribution in [2.24, 2.45) is 35.3 Å². The lowest BCUT2D eigenvalue weighted by molar-refractivity contribution is -0.160. The van der Waals surface area contributed by atoms with Crippen LogP contribution in [0.5, 0.6) is 11.5 Å². The number of nitrogens with two attached hydrogens (primary N) is 1. The van der Waals surface area contributed by atoms with Crippen molar-refractivity contribution in [2.45, 2.75) is 176 Å². The molecule has 1 saturated heterocycles. The molecule has 4 bridgehead atoms. The van der Waals surface area contributed by atoms with Gasteiger partial charge in [0.2, 0.25) is 28.6 Å². The van der Waals surface area contributed by atoms with E-state index in [1.807, 2.05) is 4.90 Å². The first-order valence-electron chi connectivity index (χ1n) is 36.5. The zero-order valence-corrected chi connectivity index (χ0v) is 63.2. The van der Waals surface area contributed by atoms with Gasteiger partial charge in [-0.3, -0.25) is 48.1 Å². The minimum absolute atomic E-state index is 0.00897. The van der Waals surface area contributed by atoms with Crippen molar-refractivity contribution in [3.05, 3.63) is 121 Å². The zero-order valence-electron chi connectivity index (χ0n) is 63.2. The Morgan fingerprint density at radius 2 is 1.54 bits per heavy atom. The average Bonchev–Trinajstić information content (AvgIpc) is 1.68. The molecule has 109 heavy (non-hydrogen) atoms. The minimum atomic E-state index is -2.07. The topological polar surface area (TPSA) is 437 Å². The smallest absolute Gasteiger partial charge is 0.410 e. The van der Waals surface area contributed by atoms with Crippen LogP contribution in [0.25, 0.3) is 38.7 Å². The Morgan fingerprint density at radius 1 is 0.853 bits per heavy atom. The molecule has 11 N–H and O–H groups in total. The number of amides is 9. The van der Waals surface area contributed by atoms with Crippen LogP contribution in [0.15, 0.2) is 98.7 Å². The van der Waals surface area contributed by atoms with Gasteiger partial charge in [0.1, 0.15) is 47.5 Å². The molecular formula is C78H98N10O21. The number of phenols is 1. The third-order valence-corrected chi connectivity index (χ3v) is 20.7. The standard InChI is InChI=1S/C78H98N10O21/c1-39(2)61(83-55(91)21-14-13-15-32-88-56(92)26-27-57(88)93)75(101)82-51(20-17-31-80-76(79)102)74(100)81-48-24-22-47(23-25-48)38-105-77(103)86(11)49-28-33-87(34-29-49)50-36-52(90)62-54(37-50)108-71-63(84-62)58-59-67(96)45(8)70-60(58)72(98)78(10,109-70)106-35-30-53(104-12)42(5)69(107-46(9)89)44(7)66(95)43(6)65(94)40(3)18-16-19-41(4)73(99)85-64(71)68(59)97/h16,18-19,22-27,30,35-37,39-40,42-44,49,51,53,61,65-66,69,94-96,98H,13-15,17,20-21,28-29,31-34,38H2,1-12H3,(H,81,100)(H,82,101)(H,83,91)(H,85,99)(H3,79,80,102)/b18-16+,35-30+,41-19-/t40-,42+,43+,44+,51-,53-,61-,65-,66+,69+,78-/m0/s1. The van der Waals surface area contributed by atoms with Crippen molar-refractivity contribution >= 4 is 109 Å². The summed E-state index contributed by atoms with van der Waals surface area (Å²) >= 11 is 0. The number of imide groups is 1. The molecule has 9 amide bonds. The molecule has 31 nitrogen and oxygen atoms in total. The number of primary amides is 1. The Hall–Kier alpha value is -10.9. The number of aliphatic hydroxyl groups is 3. The lowest BCUT2D eigenvalue weighted by Gasteiger charge is -2.38. The molecule has 0 saturated carbocycles. The SMILES string of the molecule is CO[C@H]1/C=C/O[C@@]2(C)Oc3c(C)c(O)c4c(=O)c(c5oc6cc(N7CCC(N(C)C(=O)OCc8ccc(NC(=O)[C@H](CCCNC(N)=O)NC(=O)[C@@H](NC(=O)CCCCCN9C(=O)C=CC9=O)C(C)C)cc8)CC7)cc(=O)c6nc5c4c3=C2O)NC(=O)/C(C)=C\C=C\[C@H](C)[C@H](O)[C@@H](C)[C@@H](O)[C@@H](C)[C@H](OC(C)=O)[C@@H]1C. The molecule has 5 heterocycles. The predicted octanol–water partition coefficient (Wildman–Crippen LogP) is 6.30. The number of rotatable bonds is 22. The van der Waals surface area contributed by atoms with E-state index in [0.29, 0.717) is 62.1 Å².